The lowest BCUT2D eigenvalue weighted by atomic mass is 10.2. The molecule has 0 aliphatic carbocycles. The van der Waals surface area contributed by atoms with Crippen LogP contribution in [0.15, 0.2) is 54.6 Å². The number of hydrogen-bond donors (Lipinski definition) is 4. The highest BCUT2D eigenvalue weighted by molar-refractivity contribution is 6.42. The fraction of sp³-hybridized carbons (Fsp3) is 0.190. The van der Waals surface area contributed by atoms with Gasteiger partial charge in [0, 0.05) is 29.8 Å². The van der Waals surface area contributed by atoms with Gasteiger partial charge in [-0.05, 0) is 25.1 Å². The number of nitrogens with zero attached hydrogens (tertiary/aromatic N) is 2. The highest BCUT2D eigenvalue weighted by Crippen LogP contribution is 2.27. The van der Waals surface area contributed by atoms with Crippen molar-refractivity contribution in [2.75, 3.05) is 10.6 Å². The Labute approximate surface area is 188 Å². The molecule has 2 aromatic carbocycles. The largest absolute Gasteiger partial charge is 0.324 e. The molecule has 1 aromatic heterocycles. The Balaban J connectivity index is 1.61. The van der Waals surface area contributed by atoms with E-state index in [9.17, 15) is 9.59 Å². The summed E-state index contributed by atoms with van der Waals surface area (Å²) in [5, 5.41) is 17.0. The molecule has 1 aliphatic rings. The van der Waals surface area contributed by atoms with E-state index in [-0.39, 0.29) is 11.9 Å². The van der Waals surface area contributed by atoms with Crippen molar-refractivity contribution in [2.24, 2.45) is 0 Å². The van der Waals surface area contributed by atoms with Gasteiger partial charge in [0.2, 0.25) is 5.91 Å². The van der Waals surface area contributed by atoms with E-state index in [4.69, 9.17) is 23.2 Å². The van der Waals surface area contributed by atoms with Crippen LogP contribution in [-0.2, 0) is 4.79 Å². The summed E-state index contributed by atoms with van der Waals surface area (Å²) >= 11 is 11.9. The molecule has 0 bridgehead atoms. The van der Waals surface area contributed by atoms with Crippen molar-refractivity contribution in [2.45, 2.75) is 25.7 Å². The second-order valence-electron chi connectivity index (χ2n) is 7.18. The second-order valence-corrected chi connectivity index (χ2v) is 7.99. The van der Waals surface area contributed by atoms with Crippen molar-refractivity contribution in [3.8, 4) is 11.3 Å². The highest BCUT2D eigenvalue weighted by Gasteiger charge is 2.27. The van der Waals surface area contributed by atoms with E-state index in [1.165, 1.54) is 0 Å². The lowest BCUT2D eigenvalue weighted by Crippen LogP contribution is -2.52. The Morgan fingerprint density at radius 1 is 1.10 bits per heavy atom. The van der Waals surface area contributed by atoms with Gasteiger partial charge < -0.3 is 10.6 Å². The van der Waals surface area contributed by atoms with Crippen LogP contribution < -0.4 is 21.3 Å². The summed E-state index contributed by atoms with van der Waals surface area (Å²) in [6.07, 6.45) is -0.238. The van der Waals surface area contributed by atoms with Gasteiger partial charge in [-0.2, -0.15) is 5.10 Å². The maximum Gasteiger partial charge on any atom is 0.324 e. The SMILES string of the molecule is CC1CC(=O)NC(n2nc(-c3ccccc3)cc2NC(=O)Nc2ccc(Cl)c(Cl)c2)N1. The number of halogens is 2. The number of urea groups is 1. The third kappa shape index (κ3) is 4.99. The van der Waals surface area contributed by atoms with Crippen LogP contribution in [0.25, 0.3) is 11.3 Å². The molecule has 8 nitrogen and oxygen atoms in total. The van der Waals surface area contributed by atoms with Gasteiger partial charge in [-0.3, -0.25) is 15.4 Å². The molecule has 4 N–H and O–H groups in total. The molecule has 3 aromatic rings. The van der Waals surface area contributed by atoms with Gasteiger partial charge in [0.15, 0.2) is 6.29 Å². The topological polar surface area (TPSA) is 100 Å². The standard InChI is InChI=1S/C21H20Cl2N6O2/c1-12-9-19(30)27-20(24-12)29-18(11-17(28-29)13-5-3-2-4-6-13)26-21(31)25-14-7-8-15(22)16(23)10-14/h2-8,10-12,20,24H,9H2,1H3,(H,27,30)(H2,25,26,31). The first-order valence-electron chi connectivity index (χ1n) is 9.62. The summed E-state index contributed by atoms with van der Waals surface area (Å²) in [5.74, 6) is 0.308. The molecular formula is C21H20Cl2N6O2. The number of nitrogens with one attached hydrogen (secondary N) is 4. The van der Waals surface area contributed by atoms with Crippen molar-refractivity contribution in [3.05, 3.63) is 64.6 Å². The predicted octanol–water partition coefficient (Wildman–Crippen LogP) is 4.46. The molecule has 2 heterocycles. The number of carbonyl (C=O) groups is 2. The molecule has 10 heteroatoms. The fourth-order valence-electron chi connectivity index (χ4n) is 3.28. The number of aromatic nitrogens is 2. The molecule has 160 valence electrons. The number of benzene rings is 2. The maximum atomic E-state index is 12.6. The van der Waals surface area contributed by atoms with Crippen LogP contribution in [-0.4, -0.2) is 27.8 Å². The summed E-state index contributed by atoms with van der Waals surface area (Å²) in [4.78, 5) is 24.7. The second kappa shape index (κ2) is 8.97. The minimum atomic E-state index is -0.603. The molecule has 0 saturated carbocycles. The Hall–Kier alpha value is -3.07. The smallest absolute Gasteiger partial charge is 0.322 e. The van der Waals surface area contributed by atoms with Crippen LogP contribution in [0.4, 0.5) is 16.3 Å². The Kier molecular flexibility index (Phi) is 6.13. The zero-order valence-corrected chi connectivity index (χ0v) is 18.0. The van der Waals surface area contributed by atoms with E-state index in [0.29, 0.717) is 33.7 Å². The number of hydrogen-bond acceptors (Lipinski definition) is 4. The lowest BCUT2D eigenvalue weighted by Gasteiger charge is -2.30. The Bertz CT molecular complexity index is 1120. The van der Waals surface area contributed by atoms with Gasteiger partial charge in [0.1, 0.15) is 5.82 Å². The van der Waals surface area contributed by atoms with Crippen molar-refractivity contribution in [1.29, 1.82) is 0 Å². The van der Waals surface area contributed by atoms with Gasteiger partial charge in [-0.25, -0.2) is 9.48 Å². The quantitative estimate of drug-likeness (QED) is 0.463. The first kappa shape index (κ1) is 21.2. The van der Waals surface area contributed by atoms with E-state index in [0.717, 1.165) is 5.56 Å². The summed E-state index contributed by atoms with van der Waals surface area (Å²) in [6.45, 7) is 1.91. The molecule has 4 rings (SSSR count). The number of amides is 3. The summed E-state index contributed by atoms with van der Waals surface area (Å²) < 4.78 is 1.55. The molecule has 2 atom stereocenters. The van der Waals surface area contributed by atoms with E-state index < -0.39 is 12.3 Å². The van der Waals surface area contributed by atoms with E-state index in [2.05, 4.69) is 26.4 Å². The van der Waals surface area contributed by atoms with Crippen molar-refractivity contribution in [3.63, 3.8) is 0 Å². The zero-order valence-electron chi connectivity index (χ0n) is 16.5. The highest BCUT2D eigenvalue weighted by atomic mass is 35.5. The van der Waals surface area contributed by atoms with E-state index in [1.807, 2.05) is 37.3 Å². The van der Waals surface area contributed by atoms with Gasteiger partial charge in [0.25, 0.3) is 0 Å². The predicted molar refractivity (Wildman–Crippen MR) is 121 cm³/mol. The minimum absolute atomic E-state index is 0.0407. The van der Waals surface area contributed by atoms with Gasteiger partial charge in [-0.15, -0.1) is 0 Å². The third-order valence-electron chi connectivity index (χ3n) is 4.70. The first-order valence-corrected chi connectivity index (χ1v) is 10.4. The average molecular weight is 459 g/mol. The summed E-state index contributed by atoms with van der Waals surface area (Å²) in [7, 11) is 0. The molecule has 0 spiro atoms. The molecule has 1 saturated heterocycles. The molecule has 2 unspecified atom stereocenters. The summed E-state index contributed by atoms with van der Waals surface area (Å²) in [6, 6.07) is 15.6. The third-order valence-corrected chi connectivity index (χ3v) is 5.44. The molecule has 0 radical (unpaired) electrons. The molecule has 1 fully saturated rings. The molecular weight excluding hydrogens is 439 g/mol. The van der Waals surface area contributed by atoms with Crippen molar-refractivity contribution in [1.82, 2.24) is 20.4 Å². The minimum Gasteiger partial charge on any atom is -0.322 e. The van der Waals surface area contributed by atoms with Crippen LogP contribution in [0, 0.1) is 0 Å². The Morgan fingerprint density at radius 2 is 1.87 bits per heavy atom. The lowest BCUT2D eigenvalue weighted by molar-refractivity contribution is -0.125. The molecule has 3 amide bonds. The molecule has 1 aliphatic heterocycles. The van der Waals surface area contributed by atoms with Crippen molar-refractivity contribution < 1.29 is 9.59 Å². The number of anilines is 2. The van der Waals surface area contributed by atoms with Crippen LogP contribution in [0.2, 0.25) is 10.0 Å². The normalized spacial score (nSPS) is 18.4. The average Bonchev–Trinajstić information content (AvgIpc) is 3.14. The number of carbonyl (C=O) groups excluding carboxylic acids is 2. The maximum absolute atomic E-state index is 12.6. The zero-order chi connectivity index (χ0) is 22.0. The van der Waals surface area contributed by atoms with Crippen LogP contribution >= 0.6 is 23.2 Å². The fourth-order valence-corrected chi connectivity index (χ4v) is 3.58. The van der Waals surface area contributed by atoms with Crippen LogP contribution in [0.3, 0.4) is 0 Å². The van der Waals surface area contributed by atoms with Crippen LogP contribution in [0.5, 0.6) is 0 Å². The van der Waals surface area contributed by atoms with Crippen molar-refractivity contribution >= 4 is 46.6 Å². The summed E-state index contributed by atoms with van der Waals surface area (Å²) in [5.41, 5.74) is 2.02. The first-order chi connectivity index (χ1) is 14.9. The Morgan fingerprint density at radius 3 is 2.58 bits per heavy atom. The monoisotopic (exact) mass is 458 g/mol. The van der Waals surface area contributed by atoms with Gasteiger partial charge in [-0.1, -0.05) is 53.5 Å². The number of rotatable bonds is 4. The molecule has 31 heavy (non-hydrogen) atoms. The van der Waals surface area contributed by atoms with Crippen LogP contribution in [0.1, 0.15) is 19.6 Å². The van der Waals surface area contributed by atoms with E-state index >= 15 is 0 Å². The van der Waals surface area contributed by atoms with E-state index in [1.54, 1.807) is 28.9 Å². The van der Waals surface area contributed by atoms with Gasteiger partial charge >= 0.3 is 6.03 Å². The van der Waals surface area contributed by atoms with Gasteiger partial charge in [0.05, 0.1) is 15.7 Å².